The van der Waals surface area contributed by atoms with Gasteiger partial charge in [-0.2, -0.15) is 0 Å². The number of aryl methyl sites for hydroxylation is 2. The summed E-state index contributed by atoms with van der Waals surface area (Å²) in [4.78, 5) is 27.4. The van der Waals surface area contributed by atoms with Crippen LogP contribution in [0.5, 0.6) is 0 Å². The monoisotopic (exact) mass is 440 g/mol. The first kappa shape index (κ1) is 19.2. The summed E-state index contributed by atoms with van der Waals surface area (Å²) in [6, 6.07) is 12.2. The molecule has 0 bridgehead atoms. The third-order valence-corrected chi connectivity index (χ3v) is 7.53. The number of hydrogen-bond donors (Lipinski definition) is 1. The maximum atomic E-state index is 12.9. The smallest absolute Gasteiger partial charge is 0.254 e. The van der Waals surface area contributed by atoms with Gasteiger partial charge in [0.25, 0.3) is 5.91 Å². The van der Waals surface area contributed by atoms with Gasteiger partial charge in [-0.05, 0) is 73.9 Å². The summed E-state index contributed by atoms with van der Waals surface area (Å²) in [7, 11) is 0. The first-order valence-corrected chi connectivity index (χ1v) is 10.6. The number of carbonyl (C=O) groups is 2. The van der Waals surface area contributed by atoms with Crippen molar-refractivity contribution >= 4 is 27.7 Å². The SMILES string of the molecule is Cc1ccc(C2(C(N)=O)CCC(N3Cc4c(C)cccc4C3=O)CC2)cc1Br. The van der Waals surface area contributed by atoms with Crippen LogP contribution in [0.25, 0.3) is 0 Å². The molecule has 1 aliphatic heterocycles. The van der Waals surface area contributed by atoms with Gasteiger partial charge in [-0.3, -0.25) is 9.59 Å². The van der Waals surface area contributed by atoms with Crippen molar-refractivity contribution in [2.45, 2.75) is 57.5 Å². The summed E-state index contributed by atoms with van der Waals surface area (Å²) in [5.41, 5.74) is 10.5. The Bertz CT molecular complexity index is 961. The predicted octanol–water partition coefficient (Wildman–Crippen LogP) is 4.39. The van der Waals surface area contributed by atoms with Crippen LogP contribution in [0.1, 0.15) is 58.3 Å². The number of nitrogens with two attached hydrogens (primary N) is 1. The number of nitrogens with zero attached hydrogens (tertiary/aromatic N) is 1. The molecule has 0 unspecified atom stereocenters. The van der Waals surface area contributed by atoms with E-state index in [0.29, 0.717) is 19.4 Å². The molecule has 4 nitrogen and oxygen atoms in total. The highest BCUT2D eigenvalue weighted by Gasteiger charge is 2.45. The quantitative estimate of drug-likeness (QED) is 0.768. The maximum Gasteiger partial charge on any atom is 0.254 e. The van der Waals surface area contributed by atoms with E-state index in [-0.39, 0.29) is 17.9 Å². The first-order valence-electron chi connectivity index (χ1n) is 9.79. The van der Waals surface area contributed by atoms with Crippen LogP contribution in [-0.2, 0) is 16.8 Å². The number of fused-ring (bicyclic) bond motifs is 1. The Morgan fingerprint density at radius 1 is 1.14 bits per heavy atom. The molecule has 5 heteroatoms. The van der Waals surface area contributed by atoms with Crippen molar-refractivity contribution in [1.29, 1.82) is 0 Å². The van der Waals surface area contributed by atoms with Gasteiger partial charge >= 0.3 is 0 Å². The van der Waals surface area contributed by atoms with E-state index in [4.69, 9.17) is 5.73 Å². The predicted molar refractivity (Wildman–Crippen MR) is 113 cm³/mol. The van der Waals surface area contributed by atoms with E-state index in [0.717, 1.165) is 39.6 Å². The third-order valence-electron chi connectivity index (χ3n) is 6.68. The number of primary amides is 1. The van der Waals surface area contributed by atoms with Crippen LogP contribution >= 0.6 is 15.9 Å². The number of carbonyl (C=O) groups excluding carboxylic acids is 2. The lowest BCUT2D eigenvalue weighted by molar-refractivity contribution is -0.125. The largest absolute Gasteiger partial charge is 0.369 e. The van der Waals surface area contributed by atoms with Crippen molar-refractivity contribution in [2.75, 3.05) is 0 Å². The highest BCUT2D eigenvalue weighted by molar-refractivity contribution is 9.10. The Morgan fingerprint density at radius 2 is 1.86 bits per heavy atom. The number of amides is 2. The zero-order chi connectivity index (χ0) is 20.1. The van der Waals surface area contributed by atoms with Crippen molar-refractivity contribution < 1.29 is 9.59 Å². The van der Waals surface area contributed by atoms with E-state index in [9.17, 15) is 9.59 Å². The van der Waals surface area contributed by atoms with Gasteiger partial charge in [-0.1, -0.05) is 40.2 Å². The van der Waals surface area contributed by atoms with E-state index in [1.165, 1.54) is 5.56 Å². The fraction of sp³-hybridized carbons (Fsp3) is 0.391. The van der Waals surface area contributed by atoms with Crippen LogP contribution in [0.15, 0.2) is 40.9 Å². The molecule has 1 heterocycles. The van der Waals surface area contributed by atoms with E-state index >= 15 is 0 Å². The van der Waals surface area contributed by atoms with Crippen molar-refractivity contribution in [3.05, 3.63) is 68.7 Å². The molecule has 146 valence electrons. The zero-order valence-corrected chi connectivity index (χ0v) is 17.9. The standard InChI is InChI=1S/C23H25BrN2O2/c1-14-4-3-5-18-19(14)13-26(21(18)27)17-8-10-23(11-9-17,22(25)28)16-7-6-15(2)20(24)12-16/h3-7,12,17H,8-11,13H2,1-2H3,(H2,25,28). The molecule has 0 saturated heterocycles. The number of halogens is 1. The minimum absolute atomic E-state index is 0.119. The minimum atomic E-state index is -0.655. The van der Waals surface area contributed by atoms with Crippen molar-refractivity contribution in [1.82, 2.24) is 4.90 Å². The Hall–Kier alpha value is -2.14. The van der Waals surface area contributed by atoms with Crippen molar-refractivity contribution in [2.24, 2.45) is 5.73 Å². The van der Waals surface area contributed by atoms with Gasteiger partial charge < -0.3 is 10.6 Å². The highest BCUT2D eigenvalue weighted by Crippen LogP contribution is 2.43. The van der Waals surface area contributed by atoms with Crippen LogP contribution in [0.4, 0.5) is 0 Å². The molecule has 0 radical (unpaired) electrons. The fourth-order valence-corrected chi connectivity index (χ4v) is 5.16. The van der Waals surface area contributed by atoms with E-state index in [1.807, 2.05) is 42.2 Å². The summed E-state index contributed by atoms with van der Waals surface area (Å²) in [5.74, 6) is -0.151. The summed E-state index contributed by atoms with van der Waals surface area (Å²) < 4.78 is 0.994. The molecule has 2 N–H and O–H groups in total. The Balaban J connectivity index is 1.56. The third kappa shape index (κ3) is 2.96. The molecule has 0 atom stereocenters. The zero-order valence-electron chi connectivity index (χ0n) is 16.3. The molecule has 28 heavy (non-hydrogen) atoms. The summed E-state index contributed by atoms with van der Waals surface area (Å²) in [6.07, 6.45) is 2.91. The van der Waals surface area contributed by atoms with Gasteiger partial charge in [0.15, 0.2) is 0 Å². The molecular formula is C23H25BrN2O2. The number of hydrogen-bond acceptors (Lipinski definition) is 2. The van der Waals surface area contributed by atoms with Gasteiger partial charge in [0, 0.05) is 22.6 Å². The van der Waals surface area contributed by atoms with Gasteiger partial charge in [0.05, 0.1) is 5.41 Å². The minimum Gasteiger partial charge on any atom is -0.369 e. The molecule has 1 saturated carbocycles. The Morgan fingerprint density at radius 3 is 2.46 bits per heavy atom. The summed E-state index contributed by atoms with van der Waals surface area (Å²) >= 11 is 3.58. The van der Waals surface area contributed by atoms with Crippen LogP contribution in [0.2, 0.25) is 0 Å². The molecule has 4 rings (SSSR count). The summed E-state index contributed by atoms with van der Waals surface area (Å²) in [6.45, 7) is 4.76. The second-order valence-corrected chi connectivity index (χ2v) is 9.03. The van der Waals surface area contributed by atoms with Crippen molar-refractivity contribution in [3.8, 4) is 0 Å². The molecule has 2 aromatic carbocycles. The van der Waals surface area contributed by atoms with Crippen molar-refractivity contribution in [3.63, 3.8) is 0 Å². The summed E-state index contributed by atoms with van der Waals surface area (Å²) in [5, 5.41) is 0. The molecule has 1 fully saturated rings. The second kappa shape index (κ2) is 7.03. The lowest BCUT2D eigenvalue weighted by Crippen LogP contribution is -2.48. The van der Waals surface area contributed by atoms with Crippen LogP contribution in [-0.4, -0.2) is 22.8 Å². The highest BCUT2D eigenvalue weighted by atomic mass is 79.9. The van der Waals surface area contributed by atoms with Gasteiger partial charge in [0.1, 0.15) is 0 Å². The van der Waals surface area contributed by atoms with Gasteiger partial charge in [0.2, 0.25) is 5.91 Å². The van der Waals surface area contributed by atoms with Crippen LogP contribution in [0, 0.1) is 13.8 Å². The molecule has 2 aliphatic rings. The molecule has 0 aromatic heterocycles. The van der Waals surface area contributed by atoms with E-state index in [1.54, 1.807) is 0 Å². The molecular weight excluding hydrogens is 416 g/mol. The molecule has 2 amide bonds. The lowest BCUT2D eigenvalue weighted by Gasteiger charge is -2.41. The van der Waals surface area contributed by atoms with Gasteiger partial charge in [-0.25, -0.2) is 0 Å². The van der Waals surface area contributed by atoms with Crippen LogP contribution < -0.4 is 5.73 Å². The Labute approximate surface area is 174 Å². The normalized spacial score (nSPS) is 24.3. The lowest BCUT2D eigenvalue weighted by atomic mass is 9.67. The first-order chi connectivity index (χ1) is 13.3. The van der Waals surface area contributed by atoms with Gasteiger partial charge in [-0.15, -0.1) is 0 Å². The average Bonchev–Trinajstić information content (AvgIpc) is 3.02. The second-order valence-electron chi connectivity index (χ2n) is 8.18. The number of rotatable bonds is 3. The molecule has 2 aromatic rings. The van der Waals surface area contributed by atoms with E-state index in [2.05, 4.69) is 28.9 Å². The Kier molecular flexibility index (Phi) is 4.82. The maximum absolute atomic E-state index is 12.9. The topological polar surface area (TPSA) is 63.4 Å². The molecule has 1 aliphatic carbocycles. The molecule has 0 spiro atoms. The average molecular weight is 441 g/mol. The van der Waals surface area contributed by atoms with E-state index < -0.39 is 5.41 Å². The number of benzene rings is 2. The fourth-order valence-electron chi connectivity index (χ4n) is 4.78. The van der Waals surface area contributed by atoms with Crippen LogP contribution in [0.3, 0.4) is 0 Å².